The van der Waals surface area contributed by atoms with Crippen molar-refractivity contribution in [2.24, 2.45) is 0 Å². The second kappa shape index (κ2) is 5.03. The van der Waals surface area contributed by atoms with Gasteiger partial charge in [0, 0.05) is 18.3 Å². The molecule has 1 aliphatic rings. The van der Waals surface area contributed by atoms with Gasteiger partial charge in [0.25, 0.3) is 0 Å². The molecule has 3 aromatic heterocycles. The van der Waals surface area contributed by atoms with Gasteiger partial charge in [-0.3, -0.25) is 0 Å². The third-order valence-corrected chi connectivity index (χ3v) is 4.82. The zero-order chi connectivity index (χ0) is 14.2. The van der Waals surface area contributed by atoms with Gasteiger partial charge in [0.15, 0.2) is 16.6 Å². The average molecular weight is 301 g/mol. The van der Waals surface area contributed by atoms with E-state index >= 15 is 0 Å². The first-order valence-electron chi connectivity index (χ1n) is 7.12. The molecule has 1 saturated carbocycles. The molecular formula is C13H15N7S. The van der Waals surface area contributed by atoms with Crippen molar-refractivity contribution in [3.63, 3.8) is 0 Å². The summed E-state index contributed by atoms with van der Waals surface area (Å²) in [6.07, 6.45) is 9.36. The Bertz CT molecular complexity index is 772. The Morgan fingerprint density at radius 3 is 2.71 bits per heavy atom. The number of rotatable bonds is 2. The van der Waals surface area contributed by atoms with Crippen LogP contribution < -0.4 is 5.73 Å². The Morgan fingerprint density at radius 1 is 1.10 bits per heavy atom. The van der Waals surface area contributed by atoms with Crippen molar-refractivity contribution in [1.82, 2.24) is 29.8 Å². The summed E-state index contributed by atoms with van der Waals surface area (Å²) in [5, 5.41) is 13.9. The fourth-order valence-corrected chi connectivity index (χ4v) is 3.71. The molecular weight excluding hydrogens is 286 g/mol. The monoisotopic (exact) mass is 301 g/mol. The fraction of sp³-hybridized carbons (Fsp3) is 0.462. The fourth-order valence-electron chi connectivity index (χ4n) is 2.86. The Hall–Kier alpha value is -2.09. The van der Waals surface area contributed by atoms with E-state index in [1.807, 2.05) is 4.52 Å². The summed E-state index contributed by atoms with van der Waals surface area (Å²) in [6, 6.07) is 0. The Kier molecular flexibility index (Phi) is 3.03. The molecule has 1 fully saturated rings. The lowest BCUT2D eigenvalue weighted by atomic mass is 9.89. The minimum absolute atomic E-state index is 0.390. The van der Waals surface area contributed by atoms with Gasteiger partial charge in [-0.05, 0) is 12.8 Å². The molecule has 108 valence electrons. The molecule has 0 saturated heterocycles. The quantitative estimate of drug-likeness (QED) is 0.780. The lowest BCUT2D eigenvalue weighted by Gasteiger charge is -2.18. The van der Waals surface area contributed by atoms with Crippen molar-refractivity contribution in [3.05, 3.63) is 18.2 Å². The van der Waals surface area contributed by atoms with E-state index in [-0.39, 0.29) is 0 Å². The molecule has 4 rings (SSSR count). The molecule has 3 aromatic rings. The maximum absolute atomic E-state index is 5.87. The molecule has 0 spiro atoms. The summed E-state index contributed by atoms with van der Waals surface area (Å²) in [4.78, 5) is 9.11. The Labute approximate surface area is 125 Å². The van der Waals surface area contributed by atoms with Crippen LogP contribution in [0.2, 0.25) is 0 Å². The molecule has 0 bridgehead atoms. The molecule has 3 heterocycles. The first-order chi connectivity index (χ1) is 10.3. The number of hydrogen-bond acceptors (Lipinski definition) is 7. The highest BCUT2D eigenvalue weighted by atomic mass is 32.1. The van der Waals surface area contributed by atoms with Gasteiger partial charge in [-0.25, -0.2) is 9.97 Å². The van der Waals surface area contributed by atoms with Gasteiger partial charge in [0.05, 0.1) is 0 Å². The van der Waals surface area contributed by atoms with Crippen LogP contribution in [0.3, 0.4) is 0 Å². The smallest absolute Gasteiger partial charge is 0.235 e. The number of hydrogen-bond donors (Lipinski definition) is 1. The number of nitrogens with two attached hydrogens (primary N) is 1. The van der Waals surface area contributed by atoms with Gasteiger partial charge in [-0.15, -0.1) is 10.2 Å². The lowest BCUT2D eigenvalue weighted by Crippen LogP contribution is -2.09. The van der Waals surface area contributed by atoms with Gasteiger partial charge in [-0.2, -0.15) is 9.61 Å². The Balaban J connectivity index is 1.77. The van der Waals surface area contributed by atoms with E-state index in [0.29, 0.717) is 17.4 Å². The predicted molar refractivity (Wildman–Crippen MR) is 79.9 cm³/mol. The van der Waals surface area contributed by atoms with Gasteiger partial charge >= 0.3 is 0 Å². The van der Waals surface area contributed by atoms with E-state index in [4.69, 9.17) is 5.73 Å². The zero-order valence-electron chi connectivity index (χ0n) is 11.4. The largest absolute Gasteiger partial charge is 0.382 e. The van der Waals surface area contributed by atoms with Crippen molar-refractivity contribution >= 4 is 22.1 Å². The van der Waals surface area contributed by atoms with Crippen molar-refractivity contribution in [3.8, 4) is 10.7 Å². The number of anilines is 1. The normalized spacial score (nSPS) is 16.6. The first-order valence-corrected chi connectivity index (χ1v) is 7.93. The minimum atomic E-state index is 0.390. The van der Waals surface area contributed by atoms with E-state index in [1.165, 1.54) is 43.4 Å². The lowest BCUT2D eigenvalue weighted by molar-refractivity contribution is 0.423. The number of aromatic nitrogens is 6. The highest BCUT2D eigenvalue weighted by Crippen LogP contribution is 2.33. The van der Waals surface area contributed by atoms with Crippen molar-refractivity contribution < 1.29 is 0 Å². The molecule has 7 nitrogen and oxygen atoms in total. The van der Waals surface area contributed by atoms with E-state index in [9.17, 15) is 0 Å². The van der Waals surface area contributed by atoms with E-state index < -0.39 is 0 Å². The molecule has 1 aliphatic carbocycles. The molecule has 0 unspecified atom stereocenters. The second-order valence-electron chi connectivity index (χ2n) is 5.28. The standard InChI is InChI=1S/C13H15N7S/c14-10-9(15-6-7-16-10)12-19-20-11(17-18-13(20)21-12)8-4-2-1-3-5-8/h6-8H,1-5H2,(H2,14,16). The average Bonchev–Trinajstić information content (AvgIpc) is 3.08. The van der Waals surface area contributed by atoms with Crippen LogP contribution in [0, 0.1) is 0 Å². The predicted octanol–water partition coefficient (Wildman–Crippen LogP) is 2.27. The van der Waals surface area contributed by atoms with Crippen molar-refractivity contribution in [2.75, 3.05) is 5.73 Å². The third kappa shape index (κ3) is 2.15. The third-order valence-electron chi connectivity index (χ3n) is 3.91. The van der Waals surface area contributed by atoms with Crippen molar-refractivity contribution in [1.29, 1.82) is 0 Å². The number of nitrogens with zero attached hydrogens (tertiary/aromatic N) is 6. The van der Waals surface area contributed by atoms with E-state index in [1.54, 1.807) is 12.4 Å². The van der Waals surface area contributed by atoms with Crippen LogP contribution in [0.25, 0.3) is 15.7 Å². The summed E-state index contributed by atoms with van der Waals surface area (Å²) in [7, 11) is 0. The van der Waals surface area contributed by atoms with E-state index in [0.717, 1.165) is 15.8 Å². The maximum Gasteiger partial charge on any atom is 0.235 e. The summed E-state index contributed by atoms with van der Waals surface area (Å²) in [5.74, 6) is 1.82. The summed E-state index contributed by atoms with van der Waals surface area (Å²) < 4.78 is 1.85. The highest BCUT2D eigenvalue weighted by Gasteiger charge is 2.23. The molecule has 0 amide bonds. The molecule has 0 atom stereocenters. The molecule has 8 heteroatoms. The van der Waals surface area contributed by atoms with Gasteiger partial charge < -0.3 is 5.73 Å². The van der Waals surface area contributed by atoms with Crippen LogP contribution in [-0.2, 0) is 0 Å². The van der Waals surface area contributed by atoms with Crippen molar-refractivity contribution in [2.45, 2.75) is 38.0 Å². The van der Waals surface area contributed by atoms with E-state index in [2.05, 4.69) is 25.3 Å². The molecule has 0 aliphatic heterocycles. The van der Waals surface area contributed by atoms with Crippen LogP contribution in [0.15, 0.2) is 12.4 Å². The number of fused-ring (bicyclic) bond motifs is 1. The zero-order valence-corrected chi connectivity index (χ0v) is 12.3. The minimum Gasteiger partial charge on any atom is -0.382 e. The second-order valence-corrected chi connectivity index (χ2v) is 6.24. The molecule has 2 N–H and O–H groups in total. The van der Waals surface area contributed by atoms with Gasteiger partial charge in [-0.1, -0.05) is 30.6 Å². The molecule has 0 radical (unpaired) electrons. The van der Waals surface area contributed by atoms with Crippen LogP contribution in [0.4, 0.5) is 5.82 Å². The summed E-state index contributed by atoms with van der Waals surface area (Å²) in [6.45, 7) is 0. The summed E-state index contributed by atoms with van der Waals surface area (Å²) >= 11 is 1.45. The first kappa shape index (κ1) is 12.6. The van der Waals surface area contributed by atoms with Crippen LogP contribution in [-0.4, -0.2) is 29.8 Å². The maximum atomic E-state index is 5.87. The Morgan fingerprint density at radius 2 is 1.90 bits per heavy atom. The number of nitrogen functional groups attached to an aromatic ring is 1. The van der Waals surface area contributed by atoms with Crippen LogP contribution in [0.5, 0.6) is 0 Å². The summed E-state index contributed by atoms with van der Waals surface area (Å²) in [5.41, 5.74) is 6.49. The molecule has 21 heavy (non-hydrogen) atoms. The van der Waals surface area contributed by atoms with Gasteiger partial charge in [0.2, 0.25) is 4.96 Å². The topological polar surface area (TPSA) is 94.9 Å². The van der Waals surface area contributed by atoms with Crippen LogP contribution >= 0.6 is 11.3 Å². The SMILES string of the molecule is Nc1nccnc1-c1nn2c(C3CCCCC3)nnc2s1. The highest BCUT2D eigenvalue weighted by molar-refractivity contribution is 7.19. The molecule has 0 aromatic carbocycles. The van der Waals surface area contributed by atoms with Crippen LogP contribution in [0.1, 0.15) is 43.8 Å². The van der Waals surface area contributed by atoms with Gasteiger partial charge in [0.1, 0.15) is 5.69 Å².